The third-order valence-electron chi connectivity index (χ3n) is 2.62. The molecule has 0 heterocycles. The van der Waals surface area contributed by atoms with Crippen molar-refractivity contribution in [1.82, 2.24) is 0 Å². The SMILES string of the molecule is Cc1ccc(F)c(C(=O)O)c1.Cc1cccc(C(=O)O)c1. The van der Waals surface area contributed by atoms with Crippen LogP contribution in [-0.2, 0) is 0 Å². The Bertz CT molecular complexity index is 665. The van der Waals surface area contributed by atoms with E-state index in [0.717, 1.165) is 17.2 Å². The second kappa shape index (κ2) is 7.19. The lowest BCUT2D eigenvalue weighted by Crippen LogP contribution is -2.00. The molecule has 0 atom stereocenters. The average molecular weight is 290 g/mol. The molecule has 0 aliphatic carbocycles. The molecule has 0 spiro atoms. The molecule has 2 aromatic rings. The number of carbonyl (C=O) groups is 2. The molecule has 0 bridgehead atoms. The van der Waals surface area contributed by atoms with E-state index < -0.39 is 17.8 Å². The van der Waals surface area contributed by atoms with Crippen molar-refractivity contribution in [1.29, 1.82) is 0 Å². The second-order valence-corrected chi connectivity index (χ2v) is 4.46. The molecule has 0 aliphatic heterocycles. The largest absolute Gasteiger partial charge is 0.478 e. The highest BCUT2D eigenvalue weighted by atomic mass is 19.1. The molecular formula is C16H15FO4. The smallest absolute Gasteiger partial charge is 0.338 e. The topological polar surface area (TPSA) is 74.6 Å². The zero-order chi connectivity index (χ0) is 16.0. The van der Waals surface area contributed by atoms with Crippen LogP contribution in [0.1, 0.15) is 31.8 Å². The van der Waals surface area contributed by atoms with Gasteiger partial charge in [-0.05, 0) is 38.1 Å². The lowest BCUT2D eigenvalue weighted by atomic mass is 10.1. The van der Waals surface area contributed by atoms with Crippen LogP contribution in [0, 0.1) is 19.7 Å². The molecule has 0 amide bonds. The first-order valence-electron chi connectivity index (χ1n) is 6.10. The highest BCUT2D eigenvalue weighted by Crippen LogP contribution is 2.09. The Kier molecular flexibility index (Phi) is 5.60. The maximum absolute atomic E-state index is 12.6. The van der Waals surface area contributed by atoms with Crippen molar-refractivity contribution in [2.75, 3.05) is 0 Å². The summed E-state index contributed by atoms with van der Waals surface area (Å²) in [4.78, 5) is 20.7. The van der Waals surface area contributed by atoms with E-state index in [1.807, 2.05) is 13.0 Å². The van der Waals surface area contributed by atoms with Gasteiger partial charge < -0.3 is 10.2 Å². The van der Waals surface area contributed by atoms with Crippen molar-refractivity contribution in [2.45, 2.75) is 13.8 Å². The van der Waals surface area contributed by atoms with Gasteiger partial charge in [-0.3, -0.25) is 0 Å². The van der Waals surface area contributed by atoms with E-state index in [9.17, 15) is 14.0 Å². The molecule has 2 N–H and O–H groups in total. The summed E-state index contributed by atoms with van der Waals surface area (Å²) in [5.41, 5.74) is 1.79. The molecule has 5 heteroatoms. The summed E-state index contributed by atoms with van der Waals surface area (Å²) in [7, 11) is 0. The van der Waals surface area contributed by atoms with Gasteiger partial charge in [0.05, 0.1) is 11.1 Å². The van der Waals surface area contributed by atoms with Gasteiger partial charge in [-0.25, -0.2) is 14.0 Å². The van der Waals surface area contributed by atoms with Crippen molar-refractivity contribution >= 4 is 11.9 Å². The highest BCUT2D eigenvalue weighted by molar-refractivity contribution is 5.88. The zero-order valence-electron chi connectivity index (χ0n) is 11.6. The van der Waals surface area contributed by atoms with Crippen molar-refractivity contribution in [3.63, 3.8) is 0 Å². The van der Waals surface area contributed by atoms with Crippen LogP contribution in [0.2, 0.25) is 0 Å². The predicted octanol–water partition coefficient (Wildman–Crippen LogP) is 3.53. The molecule has 0 unspecified atom stereocenters. The van der Waals surface area contributed by atoms with E-state index in [0.29, 0.717) is 5.56 Å². The fourth-order valence-corrected chi connectivity index (χ4v) is 1.58. The lowest BCUT2D eigenvalue weighted by Gasteiger charge is -1.97. The summed E-state index contributed by atoms with van der Waals surface area (Å²) in [5, 5.41) is 17.0. The summed E-state index contributed by atoms with van der Waals surface area (Å²) in [6.45, 7) is 3.58. The van der Waals surface area contributed by atoms with Gasteiger partial charge in [0.15, 0.2) is 0 Å². The number of aromatic carboxylic acids is 2. The van der Waals surface area contributed by atoms with Crippen LogP contribution >= 0.6 is 0 Å². The van der Waals surface area contributed by atoms with Gasteiger partial charge in [-0.1, -0.05) is 29.3 Å². The first-order valence-corrected chi connectivity index (χ1v) is 6.10. The van der Waals surface area contributed by atoms with Crippen LogP contribution in [0.5, 0.6) is 0 Å². The van der Waals surface area contributed by atoms with Crippen LogP contribution in [0.3, 0.4) is 0 Å². The van der Waals surface area contributed by atoms with Crippen LogP contribution in [-0.4, -0.2) is 22.2 Å². The van der Waals surface area contributed by atoms with Gasteiger partial charge in [0.25, 0.3) is 0 Å². The van der Waals surface area contributed by atoms with Crippen molar-refractivity contribution in [3.8, 4) is 0 Å². The number of benzene rings is 2. The predicted molar refractivity (Wildman–Crippen MR) is 76.2 cm³/mol. The van der Waals surface area contributed by atoms with Gasteiger partial charge >= 0.3 is 11.9 Å². The third kappa shape index (κ3) is 5.06. The van der Waals surface area contributed by atoms with E-state index in [1.54, 1.807) is 25.1 Å². The van der Waals surface area contributed by atoms with Gasteiger partial charge in [0.2, 0.25) is 0 Å². The molecule has 110 valence electrons. The summed E-state index contributed by atoms with van der Waals surface area (Å²) in [6.07, 6.45) is 0. The number of rotatable bonds is 2. The van der Waals surface area contributed by atoms with Crippen LogP contribution in [0.15, 0.2) is 42.5 Å². The second-order valence-electron chi connectivity index (χ2n) is 4.46. The molecule has 0 saturated carbocycles. The molecule has 21 heavy (non-hydrogen) atoms. The van der Waals surface area contributed by atoms with Gasteiger partial charge in [0.1, 0.15) is 5.82 Å². The maximum Gasteiger partial charge on any atom is 0.338 e. The number of halogens is 1. The van der Waals surface area contributed by atoms with Crippen molar-refractivity contribution in [3.05, 3.63) is 70.5 Å². The number of carboxylic acids is 2. The molecule has 0 saturated heterocycles. The minimum atomic E-state index is -1.23. The van der Waals surface area contributed by atoms with Gasteiger partial charge in [-0.2, -0.15) is 0 Å². The molecule has 0 radical (unpaired) electrons. The van der Waals surface area contributed by atoms with E-state index in [-0.39, 0.29) is 5.56 Å². The van der Waals surface area contributed by atoms with E-state index in [1.165, 1.54) is 12.1 Å². The van der Waals surface area contributed by atoms with Crippen molar-refractivity contribution in [2.24, 2.45) is 0 Å². The molecule has 0 aromatic heterocycles. The fourth-order valence-electron chi connectivity index (χ4n) is 1.58. The average Bonchev–Trinajstić information content (AvgIpc) is 2.42. The van der Waals surface area contributed by atoms with E-state index >= 15 is 0 Å². The third-order valence-corrected chi connectivity index (χ3v) is 2.62. The summed E-state index contributed by atoms with van der Waals surface area (Å²) in [6, 6.07) is 10.8. The van der Waals surface area contributed by atoms with Crippen LogP contribution in [0.4, 0.5) is 4.39 Å². The number of carboxylic acid groups (broad SMARTS) is 2. The molecular weight excluding hydrogens is 275 g/mol. The summed E-state index contributed by atoms with van der Waals surface area (Å²) >= 11 is 0. The lowest BCUT2D eigenvalue weighted by molar-refractivity contribution is 0.0683. The molecule has 0 fully saturated rings. The van der Waals surface area contributed by atoms with Gasteiger partial charge in [-0.15, -0.1) is 0 Å². The quantitative estimate of drug-likeness (QED) is 0.887. The van der Waals surface area contributed by atoms with Crippen molar-refractivity contribution < 1.29 is 24.2 Å². The number of hydrogen-bond donors (Lipinski definition) is 2. The Morgan fingerprint density at radius 3 is 1.95 bits per heavy atom. The molecule has 4 nitrogen and oxygen atoms in total. The van der Waals surface area contributed by atoms with Gasteiger partial charge in [0, 0.05) is 0 Å². The first kappa shape index (κ1) is 16.4. The normalized spacial score (nSPS) is 9.48. The van der Waals surface area contributed by atoms with E-state index in [2.05, 4.69) is 0 Å². The van der Waals surface area contributed by atoms with Crippen LogP contribution < -0.4 is 0 Å². The van der Waals surface area contributed by atoms with E-state index in [4.69, 9.17) is 10.2 Å². The summed E-state index contributed by atoms with van der Waals surface area (Å²) < 4.78 is 12.6. The Labute approximate surface area is 121 Å². The molecule has 2 aromatic carbocycles. The minimum Gasteiger partial charge on any atom is -0.478 e. The Hall–Kier alpha value is -2.69. The van der Waals surface area contributed by atoms with Crippen LogP contribution in [0.25, 0.3) is 0 Å². The zero-order valence-corrected chi connectivity index (χ0v) is 11.6. The highest BCUT2D eigenvalue weighted by Gasteiger charge is 2.08. The molecule has 2 rings (SSSR count). The monoisotopic (exact) mass is 290 g/mol. The number of hydrogen-bond acceptors (Lipinski definition) is 2. The first-order chi connectivity index (χ1) is 9.81. The fraction of sp³-hybridized carbons (Fsp3) is 0.125. The standard InChI is InChI=1S/C8H7FO2.C8H8O2/c1-5-2-3-7(9)6(4-5)8(10)11;1-6-3-2-4-7(5-6)8(9)10/h2-4H,1H3,(H,10,11);2-5H,1H3,(H,9,10). The number of aryl methyl sites for hydroxylation is 2. The Morgan fingerprint density at radius 2 is 1.52 bits per heavy atom. The Balaban J connectivity index is 0.000000211. The minimum absolute atomic E-state index is 0.273. The summed E-state index contributed by atoms with van der Waals surface area (Å²) in [5.74, 6) is -2.79. The molecule has 0 aliphatic rings. The maximum atomic E-state index is 12.6. The Morgan fingerprint density at radius 1 is 0.905 bits per heavy atom.